The highest BCUT2D eigenvalue weighted by Crippen LogP contribution is 2.30. The molecular weight excluding hydrogens is 356 g/mol. The van der Waals surface area contributed by atoms with Crippen LogP contribution < -0.4 is 15.0 Å². The normalized spacial score (nSPS) is 16.9. The van der Waals surface area contributed by atoms with Crippen molar-refractivity contribution in [1.29, 1.82) is 0 Å². The molecule has 0 spiro atoms. The molecule has 1 aromatic carbocycles. The Hall–Kier alpha value is -3.09. The van der Waals surface area contributed by atoms with Gasteiger partial charge in [0.15, 0.2) is 5.76 Å². The van der Waals surface area contributed by atoms with Gasteiger partial charge in [0, 0.05) is 25.0 Å². The predicted octanol–water partition coefficient (Wildman–Crippen LogP) is 3.19. The summed E-state index contributed by atoms with van der Waals surface area (Å²) in [6.07, 6.45) is 3.63. The molecule has 4 rings (SSSR count). The van der Waals surface area contributed by atoms with Crippen molar-refractivity contribution in [1.82, 2.24) is 15.3 Å². The number of aromatic nitrogens is 2. The Kier molecular flexibility index (Phi) is 5.14. The van der Waals surface area contributed by atoms with Crippen molar-refractivity contribution < 1.29 is 13.9 Å². The molecule has 0 radical (unpaired) electrons. The van der Waals surface area contributed by atoms with E-state index in [4.69, 9.17) is 14.1 Å². The molecule has 0 saturated carbocycles. The van der Waals surface area contributed by atoms with Gasteiger partial charge in [-0.1, -0.05) is 0 Å². The topological polar surface area (TPSA) is 80.5 Å². The fourth-order valence-corrected chi connectivity index (χ4v) is 3.73. The molecule has 146 valence electrons. The lowest BCUT2D eigenvalue weighted by Gasteiger charge is -2.34. The number of hydrogen-bond acceptors (Lipinski definition) is 6. The van der Waals surface area contributed by atoms with Gasteiger partial charge in [-0.05, 0) is 56.0 Å². The van der Waals surface area contributed by atoms with Crippen LogP contribution in [0.25, 0.3) is 10.9 Å². The molecule has 0 aliphatic carbocycles. The van der Waals surface area contributed by atoms with E-state index >= 15 is 0 Å². The minimum Gasteiger partial charge on any atom is -0.497 e. The molecule has 7 heteroatoms. The Morgan fingerprint density at radius 1 is 1.36 bits per heavy atom. The van der Waals surface area contributed by atoms with Crippen molar-refractivity contribution in [3.63, 3.8) is 0 Å². The number of piperidine rings is 1. The average molecular weight is 380 g/mol. The number of ether oxygens (including phenoxy) is 1. The summed E-state index contributed by atoms with van der Waals surface area (Å²) >= 11 is 0. The van der Waals surface area contributed by atoms with E-state index in [9.17, 15) is 4.79 Å². The number of nitrogens with zero attached hydrogens (tertiary/aromatic N) is 3. The summed E-state index contributed by atoms with van der Waals surface area (Å²) in [5, 5.41) is 3.97. The van der Waals surface area contributed by atoms with Crippen LogP contribution >= 0.6 is 0 Å². The molecule has 3 heterocycles. The third kappa shape index (κ3) is 3.78. The summed E-state index contributed by atoms with van der Waals surface area (Å²) in [6, 6.07) is 9.27. The number of hydrogen-bond donors (Lipinski definition) is 1. The fourth-order valence-electron chi connectivity index (χ4n) is 3.73. The SMILES string of the molecule is COc1ccc2nc(C)nc(N3CCCC(CNC(=O)c4ccco4)C3)c2c1. The molecule has 0 bridgehead atoms. The predicted molar refractivity (Wildman–Crippen MR) is 107 cm³/mol. The van der Waals surface area contributed by atoms with Gasteiger partial charge >= 0.3 is 0 Å². The first-order valence-electron chi connectivity index (χ1n) is 9.53. The van der Waals surface area contributed by atoms with Crippen LogP contribution in [-0.2, 0) is 0 Å². The van der Waals surface area contributed by atoms with Crippen LogP contribution in [0.15, 0.2) is 41.0 Å². The number of carbonyl (C=O) groups excluding carboxylic acids is 1. The third-order valence-electron chi connectivity index (χ3n) is 5.11. The number of furan rings is 1. The van der Waals surface area contributed by atoms with Gasteiger partial charge in [0.2, 0.25) is 0 Å². The molecular formula is C21H24N4O3. The standard InChI is InChI=1S/C21H24N4O3/c1-14-23-18-8-7-16(27-2)11-17(18)20(24-14)25-9-3-5-15(13-25)12-22-21(26)19-6-4-10-28-19/h4,6-8,10-11,15H,3,5,9,12-13H2,1-2H3,(H,22,26). The first-order valence-corrected chi connectivity index (χ1v) is 9.53. The van der Waals surface area contributed by atoms with E-state index < -0.39 is 0 Å². The van der Waals surface area contributed by atoms with Crippen molar-refractivity contribution in [3.05, 3.63) is 48.2 Å². The highest BCUT2D eigenvalue weighted by Gasteiger charge is 2.24. The van der Waals surface area contributed by atoms with Crippen molar-refractivity contribution in [3.8, 4) is 5.75 Å². The zero-order valence-corrected chi connectivity index (χ0v) is 16.1. The monoisotopic (exact) mass is 380 g/mol. The number of amides is 1. The van der Waals surface area contributed by atoms with Crippen LogP contribution in [0.5, 0.6) is 5.75 Å². The number of benzene rings is 1. The molecule has 3 aromatic rings. The van der Waals surface area contributed by atoms with Crippen molar-refractivity contribution in [2.24, 2.45) is 5.92 Å². The zero-order valence-electron chi connectivity index (χ0n) is 16.1. The minimum absolute atomic E-state index is 0.171. The Bertz CT molecular complexity index is 971. The molecule has 1 saturated heterocycles. The summed E-state index contributed by atoms with van der Waals surface area (Å²) in [6.45, 7) is 4.30. The van der Waals surface area contributed by atoms with E-state index in [1.807, 2.05) is 25.1 Å². The number of methoxy groups -OCH3 is 1. The smallest absolute Gasteiger partial charge is 0.286 e. The van der Waals surface area contributed by atoms with Gasteiger partial charge in [0.05, 0.1) is 18.9 Å². The number of carbonyl (C=O) groups is 1. The van der Waals surface area contributed by atoms with Crippen molar-refractivity contribution in [2.45, 2.75) is 19.8 Å². The Balaban J connectivity index is 1.52. The zero-order chi connectivity index (χ0) is 19.5. The van der Waals surface area contributed by atoms with Gasteiger partial charge in [0.25, 0.3) is 5.91 Å². The molecule has 1 unspecified atom stereocenters. The highest BCUT2D eigenvalue weighted by molar-refractivity contribution is 5.91. The van der Waals surface area contributed by atoms with E-state index in [1.54, 1.807) is 19.2 Å². The molecule has 1 aliphatic rings. The van der Waals surface area contributed by atoms with Gasteiger partial charge in [-0.2, -0.15) is 0 Å². The Labute approximate surface area is 163 Å². The lowest BCUT2D eigenvalue weighted by Crippen LogP contribution is -2.41. The summed E-state index contributed by atoms with van der Waals surface area (Å²) in [5.74, 6) is 3.00. The second kappa shape index (κ2) is 7.88. The van der Waals surface area contributed by atoms with Crippen molar-refractivity contribution >= 4 is 22.6 Å². The van der Waals surface area contributed by atoms with Gasteiger partial charge in [-0.25, -0.2) is 9.97 Å². The fraction of sp³-hybridized carbons (Fsp3) is 0.381. The maximum absolute atomic E-state index is 12.1. The molecule has 7 nitrogen and oxygen atoms in total. The maximum atomic E-state index is 12.1. The summed E-state index contributed by atoms with van der Waals surface area (Å²) in [4.78, 5) is 23.7. The van der Waals surface area contributed by atoms with E-state index in [-0.39, 0.29) is 5.91 Å². The molecule has 1 atom stereocenters. The quantitative estimate of drug-likeness (QED) is 0.732. The van der Waals surface area contributed by atoms with Crippen LogP contribution in [0.2, 0.25) is 0 Å². The van der Waals surface area contributed by atoms with E-state index in [2.05, 4.69) is 15.2 Å². The molecule has 2 aromatic heterocycles. The van der Waals surface area contributed by atoms with Crippen molar-refractivity contribution in [2.75, 3.05) is 31.6 Å². The largest absolute Gasteiger partial charge is 0.497 e. The first-order chi connectivity index (χ1) is 13.6. The number of aryl methyl sites for hydroxylation is 1. The van der Waals surface area contributed by atoms with E-state index in [0.29, 0.717) is 18.2 Å². The lowest BCUT2D eigenvalue weighted by molar-refractivity contribution is 0.0918. The van der Waals surface area contributed by atoms with Gasteiger partial charge in [-0.15, -0.1) is 0 Å². The molecule has 1 amide bonds. The van der Waals surface area contributed by atoms with E-state index in [0.717, 1.165) is 54.2 Å². The van der Waals surface area contributed by atoms with E-state index in [1.165, 1.54) is 6.26 Å². The number of fused-ring (bicyclic) bond motifs is 1. The molecule has 1 fully saturated rings. The molecule has 1 aliphatic heterocycles. The number of rotatable bonds is 5. The second-order valence-corrected chi connectivity index (χ2v) is 7.12. The average Bonchev–Trinajstić information content (AvgIpc) is 3.26. The Morgan fingerprint density at radius 2 is 2.25 bits per heavy atom. The number of nitrogens with one attached hydrogen (secondary N) is 1. The first kappa shape index (κ1) is 18.3. The third-order valence-corrected chi connectivity index (χ3v) is 5.11. The number of anilines is 1. The second-order valence-electron chi connectivity index (χ2n) is 7.12. The summed E-state index contributed by atoms with van der Waals surface area (Å²) in [7, 11) is 1.66. The lowest BCUT2D eigenvalue weighted by atomic mass is 9.97. The van der Waals surface area contributed by atoms with Crippen LogP contribution in [0.4, 0.5) is 5.82 Å². The van der Waals surface area contributed by atoms with Gasteiger partial charge in [0.1, 0.15) is 17.4 Å². The van der Waals surface area contributed by atoms with Crippen LogP contribution in [0, 0.1) is 12.8 Å². The Morgan fingerprint density at radius 3 is 3.04 bits per heavy atom. The summed E-state index contributed by atoms with van der Waals surface area (Å²) in [5.41, 5.74) is 0.913. The maximum Gasteiger partial charge on any atom is 0.286 e. The van der Waals surface area contributed by atoms with Crippen LogP contribution in [0.3, 0.4) is 0 Å². The van der Waals surface area contributed by atoms with Crippen LogP contribution in [0.1, 0.15) is 29.2 Å². The summed E-state index contributed by atoms with van der Waals surface area (Å²) < 4.78 is 10.5. The van der Waals surface area contributed by atoms with Gasteiger partial charge < -0.3 is 19.4 Å². The van der Waals surface area contributed by atoms with Crippen LogP contribution in [-0.4, -0.2) is 42.6 Å². The molecule has 1 N–H and O–H groups in total. The van der Waals surface area contributed by atoms with Gasteiger partial charge in [-0.3, -0.25) is 4.79 Å². The minimum atomic E-state index is -0.171. The highest BCUT2D eigenvalue weighted by atomic mass is 16.5. The molecule has 28 heavy (non-hydrogen) atoms.